The molecule has 2 rings (SSSR count). The summed E-state index contributed by atoms with van der Waals surface area (Å²) in [5.41, 5.74) is 2.38. The molecule has 122 valence electrons. The van der Waals surface area contributed by atoms with Crippen molar-refractivity contribution in [3.63, 3.8) is 0 Å². The zero-order valence-corrected chi connectivity index (χ0v) is 13.4. The maximum atomic E-state index is 12.4. The molecule has 0 aromatic heterocycles. The van der Waals surface area contributed by atoms with Crippen LogP contribution in [0.5, 0.6) is 0 Å². The summed E-state index contributed by atoms with van der Waals surface area (Å²) in [6.07, 6.45) is 0. The van der Waals surface area contributed by atoms with Crippen molar-refractivity contribution >= 4 is 5.78 Å². The summed E-state index contributed by atoms with van der Waals surface area (Å²) in [5.74, 6) is 0.00683. The first-order valence-electron chi connectivity index (χ1n) is 7.83. The lowest BCUT2D eigenvalue weighted by Gasteiger charge is -2.28. The summed E-state index contributed by atoms with van der Waals surface area (Å²) in [5, 5.41) is 18.3. The molecule has 0 bridgehead atoms. The van der Waals surface area contributed by atoms with Gasteiger partial charge in [0.15, 0.2) is 5.78 Å². The third-order valence-electron chi connectivity index (χ3n) is 4.01. The van der Waals surface area contributed by atoms with Crippen LogP contribution in [-0.4, -0.2) is 47.2 Å². The van der Waals surface area contributed by atoms with Gasteiger partial charge in [0.05, 0.1) is 13.2 Å². The van der Waals surface area contributed by atoms with Gasteiger partial charge in [-0.25, -0.2) is 0 Å². The molecule has 0 amide bonds. The van der Waals surface area contributed by atoms with Gasteiger partial charge < -0.3 is 10.2 Å². The predicted octanol–water partition coefficient (Wildman–Crippen LogP) is 2.27. The van der Waals surface area contributed by atoms with E-state index in [1.54, 1.807) is 0 Å². The number of aliphatic hydroxyl groups is 2. The average molecular weight is 313 g/mol. The molecular formula is C19H23NO3. The number of hydrogen-bond donors (Lipinski definition) is 2. The van der Waals surface area contributed by atoms with Gasteiger partial charge in [0, 0.05) is 30.3 Å². The minimum Gasteiger partial charge on any atom is -0.395 e. The Kier molecular flexibility index (Phi) is 6.47. The van der Waals surface area contributed by atoms with Crippen LogP contribution in [0.2, 0.25) is 0 Å². The Morgan fingerprint density at radius 2 is 1.43 bits per heavy atom. The van der Waals surface area contributed by atoms with E-state index in [0.717, 1.165) is 5.56 Å². The number of nitrogens with zero attached hydrogens (tertiary/aromatic N) is 1. The first-order chi connectivity index (χ1) is 11.2. The second-order valence-electron chi connectivity index (χ2n) is 5.48. The van der Waals surface area contributed by atoms with E-state index < -0.39 is 0 Å². The topological polar surface area (TPSA) is 60.8 Å². The largest absolute Gasteiger partial charge is 0.395 e. The fourth-order valence-corrected chi connectivity index (χ4v) is 2.64. The highest BCUT2D eigenvalue weighted by Crippen LogP contribution is 2.21. The SMILES string of the molecule is CC(c1ccc(C(=O)c2ccccc2)cc1)N(CCO)CCO. The van der Waals surface area contributed by atoms with Crippen molar-refractivity contribution in [1.82, 2.24) is 4.90 Å². The van der Waals surface area contributed by atoms with E-state index in [4.69, 9.17) is 10.2 Å². The molecule has 2 aromatic carbocycles. The highest BCUT2D eigenvalue weighted by Gasteiger charge is 2.15. The van der Waals surface area contributed by atoms with E-state index in [-0.39, 0.29) is 25.0 Å². The molecule has 0 aliphatic carbocycles. The van der Waals surface area contributed by atoms with Gasteiger partial charge in [-0.05, 0) is 12.5 Å². The van der Waals surface area contributed by atoms with E-state index in [0.29, 0.717) is 24.2 Å². The Hall–Kier alpha value is -2.01. The van der Waals surface area contributed by atoms with Gasteiger partial charge in [-0.15, -0.1) is 0 Å². The monoisotopic (exact) mass is 313 g/mol. The lowest BCUT2D eigenvalue weighted by Crippen LogP contribution is -2.32. The number of aliphatic hydroxyl groups excluding tert-OH is 2. The van der Waals surface area contributed by atoms with Gasteiger partial charge in [-0.1, -0.05) is 54.6 Å². The quantitative estimate of drug-likeness (QED) is 0.734. The fourth-order valence-electron chi connectivity index (χ4n) is 2.64. The number of carbonyl (C=O) groups excluding carboxylic acids is 1. The van der Waals surface area contributed by atoms with Crippen LogP contribution in [0.15, 0.2) is 54.6 Å². The molecule has 0 saturated carbocycles. The Balaban J connectivity index is 2.13. The van der Waals surface area contributed by atoms with Crippen LogP contribution in [0, 0.1) is 0 Å². The van der Waals surface area contributed by atoms with E-state index in [2.05, 4.69) is 0 Å². The van der Waals surface area contributed by atoms with Gasteiger partial charge in [0.1, 0.15) is 0 Å². The fraction of sp³-hybridized carbons (Fsp3) is 0.316. The molecule has 1 unspecified atom stereocenters. The molecule has 0 heterocycles. The molecule has 0 saturated heterocycles. The van der Waals surface area contributed by atoms with Crippen LogP contribution in [0.3, 0.4) is 0 Å². The molecule has 0 spiro atoms. The number of carbonyl (C=O) groups is 1. The van der Waals surface area contributed by atoms with E-state index in [1.807, 2.05) is 66.4 Å². The standard InChI is InChI=1S/C19H23NO3/c1-15(20(11-13-21)12-14-22)16-7-9-18(10-8-16)19(23)17-5-3-2-4-6-17/h2-10,15,21-22H,11-14H2,1H3. The van der Waals surface area contributed by atoms with Crippen molar-refractivity contribution in [2.24, 2.45) is 0 Å². The summed E-state index contributed by atoms with van der Waals surface area (Å²) >= 11 is 0. The smallest absolute Gasteiger partial charge is 0.193 e. The average Bonchev–Trinajstić information content (AvgIpc) is 2.61. The zero-order chi connectivity index (χ0) is 16.7. The lowest BCUT2D eigenvalue weighted by molar-refractivity contribution is 0.103. The van der Waals surface area contributed by atoms with Crippen LogP contribution >= 0.6 is 0 Å². The minimum atomic E-state index is 0.00683. The molecular weight excluding hydrogens is 290 g/mol. The number of rotatable bonds is 8. The van der Waals surface area contributed by atoms with Gasteiger partial charge in [-0.3, -0.25) is 9.69 Å². The van der Waals surface area contributed by atoms with Crippen molar-refractivity contribution < 1.29 is 15.0 Å². The zero-order valence-electron chi connectivity index (χ0n) is 13.4. The summed E-state index contributed by atoms with van der Waals surface area (Å²) in [6, 6.07) is 16.8. The van der Waals surface area contributed by atoms with Crippen LogP contribution in [0.25, 0.3) is 0 Å². The van der Waals surface area contributed by atoms with Crippen molar-refractivity contribution in [3.05, 3.63) is 71.3 Å². The molecule has 2 aromatic rings. The summed E-state index contributed by atoms with van der Waals surface area (Å²) in [7, 11) is 0. The van der Waals surface area contributed by atoms with Crippen LogP contribution in [-0.2, 0) is 0 Å². The molecule has 0 fully saturated rings. The molecule has 0 aliphatic heterocycles. The Morgan fingerprint density at radius 3 is 1.96 bits per heavy atom. The maximum absolute atomic E-state index is 12.4. The summed E-state index contributed by atoms with van der Waals surface area (Å²) in [6.45, 7) is 3.14. The van der Waals surface area contributed by atoms with Crippen molar-refractivity contribution in [2.75, 3.05) is 26.3 Å². The van der Waals surface area contributed by atoms with E-state index >= 15 is 0 Å². The van der Waals surface area contributed by atoms with E-state index in [1.165, 1.54) is 0 Å². The first kappa shape index (κ1) is 17.3. The second kappa shape index (κ2) is 8.58. The number of hydrogen-bond acceptors (Lipinski definition) is 4. The Labute approximate surface area is 137 Å². The normalized spacial score (nSPS) is 12.3. The highest BCUT2D eigenvalue weighted by atomic mass is 16.3. The molecule has 23 heavy (non-hydrogen) atoms. The third kappa shape index (κ3) is 4.48. The summed E-state index contributed by atoms with van der Waals surface area (Å²) in [4.78, 5) is 14.4. The molecule has 0 aliphatic rings. The highest BCUT2D eigenvalue weighted by molar-refractivity contribution is 6.08. The van der Waals surface area contributed by atoms with Crippen molar-refractivity contribution in [1.29, 1.82) is 0 Å². The minimum absolute atomic E-state index is 0.00683. The first-order valence-corrected chi connectivity index (χ1v) is 7.83. The molecule has 4 nitrogen and oxygen atoms in total. The van der Waals surface area contributed by atoms with Gasteiger partial charge >= 0.3 is 0 Å². The Bertz CT molecular complexity index is 604. The van der Waals surface area contributed by atoms with E-state index in [9.17, 15) is 4.79 Å². The van der Waals surface area contributed by atoms with Crippen molar-refractivity contribution in [3.8, 4) is 0 Å². The van der Waals surface area contributed by atoms with Crippen LogP contribution < -0.4 is 0 Å². The second-order valence-corrected chi connectivity index (χ2v) is 5.48. The number of benzene rings is 2. The van der Waals surface area contributed by atoms with Gasteiger partial charge in [-0.2, -0.15) is 0 Å². The molecule has 0 radical (unpaired) electrons. The van der Waals surface area contributed by atoms with Gasteiger partial charge in [0.2, 0.25) is 0 Å². The Morgan fingerprint density at radius 1 is 0.913 bits per heavy atom. The summed E-state index contributed by atoms with van der Waals surface area (Å²) < 4.78 is 0. The van der Waals surface area contributed by atoms with Crippen LogP contribution in [0.1, 0.15) is 34.5 Å². The molecule has 2 N–H and O–H groups in total. The molecule has 1 atom stereocenters. The third-order valence-corrected chi connectivity index (χ3v) is 4.01. The maximum Gasteiger partial charge on any atom is 0.193 e. The van der Waals surface area contributed by atoms with Crippen LogP contribution in [0.4, 0.5) is 0 Å². The number of ketones is 1. The predicted molar refractivity (Wildman–Crippen MR) is 90.5 cm³/mol. The van der Waals surface area contributed by atoms with Crippen molar-refractivity contribution in [2.45, 2.75) is 13.0 Å². The lowest BCUT2D eigenvalue weighted by atomic mass is 9.99. The van der Waals surface area contributed by atoms with Gasteiger partial charge in [0.25, 0.3) is 0 Å². The molecule has 4 heteroatoms.